The average molecular weight is 723 g/mol. The first kappa shape index (κ1) is 35.5. The number of anilines is 1. The summed E-state index contributed by atoms with van der Waals surface area (Å²) in [6.07, 6.45) is 6.00. The van der Waals surface area contributed by atoms with Crippen LogP contribution in [-0.2, 0) is 0 Å². The number of likely N-dealkylation sites (tertiary alicyclic amines) is 1. The van der Waals surface area contributed by atoms with Crippen LogP contribution in [0, 0.1) is 23.4 Å². The molecule has 272 valence electrons. The van der Waals surface area contributed by atoms with Crippen LogP contribution in [0.15, 0.2) is 96.1 Å². The summed E-state index contributed by atoms with van der Waals surface area (Å²) < 4.78 is 63.5. The number of aromatic nitrogens is 2. The molecule has 1 saturated heterocycles. The van der Waals surface area contributed by atoms with Gasteiger partial charge < -0.3 is 29.0 Å². The average Bonchev–Trinajstić information content (AvgIpc) is 3.15. The predicted molar refractivity (Wildman–Crippen MR) is 197 cm³/mol. The molecule has 0 bridgehead atoms. The van der Waals surface area contributed by atoms with E-state index in [1.165, 1.54) is 53.8 Å². The predicted octanol–water partition coefficient (Wildman–Crippen LogP) is 8.51. The molecular weight excluding hydrogens is 685 g/mol. The van der Waals surface area contributed by atoms with E-state index < -0.39 is 28.8 Å². The lowest BCUT2D eigenvalue weighted by atomic mass is 9.99. The van der Waals surface area contributed by atoms with Gasteiger partial charge in [0, 0.05) is 47.5 Å². The summed E-state index contributed by atoms with van der Waals surface area (Å²) in [5, 5.41) is 3.10. The number of methoxy groups -OCH3 is 1. The number of hydrogen-bond acceptors (Lipinski definition) is 7. The number of piperidine rings is 1. The Balaban J connectivity index is 1.08. The van der Waals surface area contributed by atoms with Crippen LogP contribution in [0.3, 0.4) is 0 Å². The molecule has 3 heterocycles. The quantitative estimate of drug-likeness (QED) is 0.134. The molecule has 7 rings (SSSR count). The number of carbonyl (C=O) groups excluding carboxylic acids is 1. The number of nitrogens with zero attached hydrogens (tertiary/aromatic N) is 3. The largest absolute Gasteiger partial charge is 0.493 e. The number of para-hydroxylation sites is 1. The second kappa shape index (κ2) is 15.4. The van der Waals surface area contributed by atoms with Gasteiger partial charge in [-0.2, -0.15) is 0 Å². The molecule has 1 fully saturated rings. The van der Waals surface area contributed by atoms with Crippen molar-refractivity contribution >= 4 is 33.4 Å². The molecule has 12 heteroatoms. The van der Waals surface area contributed by atoms with Crippen molar-refractivity contribution < 1.29 is 32.2 Å². The van der Waals surface area contributed by atoms with Crippen molar-refractivity contribution in [2.45, 2.75) is 26.2 Å². The zero-order valence-electron chi connectivity index (χ0n) is 29.2. The molecule has 0 radical (unpaired) electrons. The third-order valence-electron chi connectivity index (χ3n) is 9.47. The molecule has 2 aromatic heterocycles. The minimum atomic E-state index is -0.870. The molecule has 6 aromatic rings. The number of carbonyl (C=O) groups is 1. The highest BCUT2D eigenvalue weighted by atomic mass is 19.1. The fourth-order valence-electron chi connectivity index (χ4n) is 6.53. The fraction of sp³-hybridized carbons (Fsp3) is 0.244. The number of halogens is 3. The number of rotatable bonds is 11. The Bertz CT molecular complexity index is 2380. The zero-order valence-corrected chi connectivity index (χ0v) is 29.2. The molecule has 53 heavy (non-hydrogen) atoms. The van der Waals surface area contributed by atoms with Gasteiger partial charge in [-0.3, -0.25) is 14.6 Å². The lowest BCUT2D eigenvalue weighted by molar-refractivity contribution is 0.102. The SMILES string of the molecule is COc1cc2c(Oc3ccc(NC(=O)c4cn(-c5ccccc5F)c5cc(F)ccc5c4=O)cc3F)ccnc2cc1OCCCN1CCC(C)CC1. The van der Waals surface area contributed by atoms with E-state index in [0.29, 0.717) is 34.8 Å². The zero-order chi connectivity index (χ0) is 37.1. The number of hydrogen-bond donors (Lipinski definition) is 1. The van der Waals surface area contributed by atoms with Crippen LogP contribution >= 0.6 is 0 Å². The van der Waals surface area contributed by atoms with Gasteiger partial charge >= 0.3 is 0 Å². The van der Waals surface area contributed by atoms with E-state index in [0.717, 1.165) is 56.4 Å². The van der Waals surface area contributed by atoms with Crippen LogP contribution < -0.4 is 25.0 Å². The molecule has 1 aliphatic rings. The Morgan fingerprint density at radius 3 is 2.47 bits per heavy atom. The van der Waals surface area contributed by atoms with Gasteiger partial charge in [-0.1, -0.05) is 19.1 Å². The highest BCUT2D eigenvalue weighted by Gasteiger charge is 2.20. The van der Waals surface area contributed by atoms with Gasteiger partial charge in [-0.05, 0) is 92.9 Å². The second-order valence-electron chi connectivity index (χ2n) is 13.1. The molecule has 1 amide bonds. The molecule has 0 saturated carbocycles. The first-order chi connectivity index (χ1) is 25.7. The van der Waals surface area contributed by atoms with E-state index in [1.807, 2.05) is 0 Å². The van der Waals surface area contributed by atoms with Gasteiger partial charge in [-0.25, -0.2) is 13.2 Å². The Morgan fingerprint density at radius 2 is 1.70 bits per heavy atom. The second-order valence-corrected chi connectivity index (χ2v) is 13.1. The van der Waals surface area contributed by atoms with E-state index in [2.05, 4.69) is 22.1 Å². The summed E-state index contributed by atoms with van der Waals surface area (Å²) in [7, 11) is 1.54. The number of benzene rings is 4. The number of fused-ring (bicyclic) bond motifs is 2. The lowest BCUT2D eigenvalue weighted by Crippen LogP contribution is -2.34. The van der Waals surface area contributed by atoms with Crippen molar-refractivity contribution in [2.24, 2.45) is 5.92 Å². The third-order valence-corrected chi connectivity index (χ3v) is 9.47. The minimum absolute atomic E-state index is 0.000280. The molecule has 0 atom stereocenters. The summed E-state index contributed by atoms with van der Waals surface area (Å²) in [5.41, 5.74) is -0.378. The maximum atomic E-state index is 15.5. The van der Waals surface area contributed by atoms with Gasteiger partial charge in [0.25, 0.3) is 5.91 Å². The van der Waals surface area contributed by atoms with Gasteiger partial charge in [0.05, 0.1) is 30.4 Å². The van der Waals surface area contributed by atoms with E-state index in [1.54, 1.807) is 37.6 Å². The van der Waals surface area contributed by atoms with Crippen molar-refractivity contribution in [2.75, 3.05) is 38.7 Å². The topological polar surface area (TPSA) is 94.9 Å². The van der Waals surface area contributed by atoms with Gasteiger partial charge in [0.15, 0.2) is 23.1 Å². The molecule has 0 spiro atoms. The first-order valence-corrected chi connectivity index (χ1v) is 17.4. The summed E-state index contributed by atoms with van der Waals surface area (Å²) in [6, 6.07) is 18.0. The smallest absolute Gasteiger partial charge is 0.261 e. The van der Waals surface area contributed by atoms with Crippen molar-refractivity contribution in [3.8, 4) is 28.7 Å². The maximum Gasteiger partial charge on any atom is 0.261 e. The lowest BCUT2D eigenvalue weighted by Gasteiger charge is -2.30. The van der Waals surface area contributed by atoms with Crippen molar-refractivity contribution in [3.05, 3.63) is 124 Å². The molecule has 4 aromatic carbocycles. The monoisotopic (exact) mass is 722 g/mol. The number of pyridine rings is 2. The van der Waals surface area contributed by atoms with Crippen molar-refractivity contribution in [1.82, 2.24) is 14.5 Å². The molecule has 9 nitrogen and oxygen atoms in total. The molecule has 0 unspecified atom stereocenters. The summed E-state index contributed by atoms with van der Waals surface area (Å²) >= 11 is 0. The highest BCUT2D eigenvalue weighted by molar-refractivity contribution is 6.06. The minimum Gasteiger partial charge on any atom is -0.493 e. The van der Waals surface area contributed by atoms with Crippen LogP contribution in [0.2, 0.25) is 0 Å². The van der Waals surface area contributed by atoms with Crippen LogP contribution in [0.25, 0.3) is 27.5 Å². The first-order valence-electron chi connectivity index (χ1n) is 17.4. The van der Waals surface area contributed by atoms with Crippen molar-refractivity contribution in [3.63, 3.8) is 0 Å². The third kappa shape index (κ3) is 7.68. The van der Waals surface area contributed by atoms with Crippen LogP contribution in [0.4, 0.5) is 18.9 Å². The molecule has 0 aliphatic carbocycles. The summed E-state index contributed by atoms with van der Waals surface area (Å²) in [5.74, 6) is -0.953. The normalized spacial score (nSPS) is 13.7. The molecular formula is C41H37F3N4O5. The van der Waals surface area contributed by atoms with Gasteiger partial charge in [0.1, 0.15) is 22.9 Å². The fourth-order valence-corrected chi connectivity index (χ4v) is 6.53. The molecule has 1 aliphatic heterocycles. The van der Waals surface area contributed by atoms with E-state index in [9.17, 15) is 18.4 Å². The standard InChI is InChI=1S/C41H37F3N4O5/c1-25-13-17-47(18-14-25)16-5-19-52-39-23-33-29(22-38(39)51-2)36(12-15-45-33)53-37-11-9-27(21-32(37)44)46-41(50)30-24-48(34-7-4-3-6-31(34)43)35-20-26(42)8-10-28(35)40(30)49/h3-4,6-12,15,20-25H,5,13-14,16-19H2,1-2H3,(H,46,50). The Morgan fingerprint density at radius 1 is 0.887 bits per heavy atom. The van der Waals surface area contributed by atoms with Crippen LogP contribution in [0.5, 0.6) is 23.0 Å². The van der Waals surface area contributed by atoms with Crippen LogP contribution in [0.1, 0.15) is 36.5 Å². The highest BCUT2D eigenvalue weighted by Crippen LogP contribution is 2.38. The van der Waals surface area contributed by atoms with E-state index >= 15 is 4.39 Å². The Hall–Kier alpha value is -5.88. The Kier molecular flexibility index (Phi) is 10.3. The number of ether oxygens (including phenoxy) is 3. The van der Waals surface area contributed by atoms with Gasteiger partial charge in [0.2, 0.25) is 5.43 Å². The molecule has 1 N–H and O–H groups in total. The number of nitrogens with one attached hydrogen (secondary N) is 1. The van der Waals surface area contributed by atoms with E-state index in [4.69, 9.17) is 14.2 Å². The van der Waals surface area contributed by atoms with Gasteiger partial charge in [-0.15, -0.1) is 0 Å². The summed E-state index contributed by atoms with van der Waals surface area (Å²) in [6.45, 7) is 6.00. The number of amides is 1. The maximum absolute atomic E-state index is 15.5. The Labute approximate surface area is 303 Å². The van der Waals surface area contributed by atoms with Crippen LogP contribution in [-0.4, -0.2) is 53.7 Å². The van der Waals surface area contributed by atoms with Crippen molar-refractivity contribution in [1.29, 1.82) is 0 Å². The van der Waals surface area contributed by atoms with E-state index in [-0.39, 0.29) is 33.6 Å². The summed E-state index contributed by atoms with van der Waals surface area (Å²) in [4.78, 5) is 33.7.